The average molecular weight is 212 g/mol. The number of nitrogens with zero attached hydrogens (tertiary/aromatic N) is 2. The molecule has 80 valence electrons. The van der Waals surface area contributed by atoms with Gasteiger partial charge >= 0.3 is 0 Å². The first kappa shape index (κ1) is 9.33. The number of hydrogen-bond acceptors (Lipinski definition) is 2. The van der Waals surface area contributed by atoms with Gasteiger partial charge in [-0.2, -0.15) is 5.10 Å². The van der Waals surface area contributed by atoms with E-state index in [4.69, 9.17) is 0 Å². The van der Waals surface area contributed by atoms with Crippen molar-refractivity contribution in [3.05, 3.63) is 41.7 Å². The van der Waals surface area contributed by atoms with Crippen molar-refractivity contribution in [2.24, 2.45) is 7.05 Å². The Labute approximate surface area is 93.7 Å². The van der Waals surface area contributed by atoms with Crippen LogP contribution in [0.4, 0.5) is 0 Å². The van der Waals surface area contributed by atoms with Crippen molar-refractivity contribution in [2.75, 3.05) is 0 Å². The summed E-state index contributed by atoms with van der Waals surface area (Å²) in [7, 11) is 1.90. The Hall–Kier alpha value is -1.90. The maximum absolute atomic E-state index is 11.6. The molecule has 3 heteroatoms. The summed E-state index contributed by atoms with van der Waals surface area (Å²) in [5.74, 6) is 0.265. The van der Waals surface area contributed by atoms with Crippen molar-refractivity contribution in [3.8, 4) is 11.1 Å². The zero-order valence-corrected chi connectivity index (χ0v) is 9.10. The maximum Gasteiger partial charge on any atom is 0.163 e. The molecular weight excluding hydrogens is 200 g/mol. The van der Waals surface area contributed by atoms with Crippen LogP contribution in [0, 0.1) is 0 Å². The molecule has 0 aliphatic heterocycles. The van der Waals surface area contributed by atoms with E-state index in [-0.39, 0.29) is 5.78 Å². The van der Waals surface area contributed by atoms with E-state index >= 15 is 0 Å². The molecule has 1 aliphatic carbocycles. The Morgan fingerprint density at radius 1 is 1.25 bits per heavy atom. The minimum atomic E-state index is 0.265. The van der Waals surface area contributed by atoms with Crippen molar-refractivity contribution >= 4 is 5.78 Å². The van der Waals surface area contributed by atoms with Gasteiger partial charge in [-0.1, -0.05) is 18.2 Å². The predicted molar refractivity (Wildman–Crippen MR) is 61.3 cm³/mol. The van der Waals surface area contributed by atoms with Crippen LogP contribution < -0.4 is 0 Å². The van der Waals surface area contributed by atoms with Crippen LogP contribution in [0.15, 0.2) is 30.6 Å². The molecule has 0 saturated carbocycles. The number of Topliss-reactive ketones (excluding diaryl/α,β-unsaturated/α-hetero) is 1. The topological polar surface area (TPSA) is 34.9 Å². The number of carbonyl (C=O) groups excluding carboxylic acids is 1. The van der Waals surface area contributed by atoms with Gasteiger partial charge in [-0.15, -0.1) is 0 Å². The lowest BCUT2D eigenvalue weighted by molar-refractivity contribution is 0.0994. The summed E-state index contributed by atoms with van der Waals surface area (Å²) >= 11 is 0. The van der Waals surface area contributed by atoms with Crippen LogP contribution in [0.3, 0.4) is 0 Å². The molecule has 1 aromatic carbocycles. The first-order valence-electron chi connectivity index (χ1n) is 5.40. The third-order valence-corrected chi connectivity index (χ3v) is 3.09. The summed E-state index contributed by atoms with van der Waals surface area (Å²) in [6, 6.07) is 5.93. The third kappa shape index (κ3) is 1.28. The van der Waals surface area contributed by atoms with E-state index in [1.807, 2.05) is 31.6 Å². The van der Waals surface area contributed by atoms with Gasteiger partial charge in [-0.25, -0.2) is 0 Å². The number of hydrogen-bond donors (Lipinski definition) is 0. The van der Waals surface area contributed by atoms with Crippen LogP contribution in [0.25, 0.3) is 11.1 Å². The monoisotopic (exact) mass is 212 g/mol. The first-order chi connectivity index (χ1) is 7.75. The summed E-state index contributed by atoms with van der Waals surface area (Å²) in [5.41, 5.74) is 4.31. The molecule has 0 N–H and O–H groups in total. The predicted octanol–water partition coefficient (Wildman–Crippen LogP) is 2.22. The summed E-state index contributed by atoms with van der Waals surface area (Å²) in [6.07, 6.45) is 5.34. The van der Waals surface area contributed by atoms with Crippen molar-refractivity contribution in [2.45, 2.75) is 12.8 Å². The average Bonchev–Trinajstić information content (AvgIpc) is 2.86. The third-order valence-electron chi connectivity index (χ3n) is 3.09. The highest BCUT2D eigenvalue weighted by atomic mass is 16.1. The quantitative estimate of drug-likeness (QED) is 0.726. The van der Waals surface area contributed by atoms with Gasteiger partial charge < -0.3 is 0 Å². The maximum atomic E-state index is 11.6. The SMILES string of the molecule is Cn1cc(-c2cccc3c2CCC3=O)cn1. The number of aromatic nitrogens is 2. The number of fused-ring (bicyclic) bond motifs is 1. The summed E-state index contributed by atoms with van der Waals surface area (Å²) in [6.45, 7) is 0. The number of carbonyl (C=O) groups is 1. The Balaban J connectivity index is 2.19. The molecule has 1 heterocycles. The fourth-order valence-electron chi connectivity index (χ4n) is 2.32. The molecule has 1 aliphatic rings. The second kappa shape index (κ2) is 3.30. The van der Waals surface area contributed by atoms with Gasteiger partial charge in [-0.3, -0.25) is 9.48 Å². The van der Waals surface area contributed by atoms with E-state index in [1.165, 1.54) is 5.56 Å². The Kier molecular flexibility index (Phi) is 1.93. The summed E-state index contributed by atoms with van der Waals surface area (Å²) < 4.78 is 1.78. The van der Waals surface area contributed by atoms with Gasteiger partial charge in [0, 0.05) is 30.8 Å². The second-order valence-corrected chi connectivity index (χ2v) is 4.16. The first-order valence-corrected chi connectivity index (χ1v) is 5.40. The molecule has 0 bridgehead atoms. The molecule has 0 radical (unpaired) electrons. The van der Waals surface area contributed by atoms with Crippen molar-refractivity contribution in [1.29, 1.82) is 0 Å². The molecule has 0 saturated heterocycles. The number of rotatable bonds is 1. The molecule has 2 aromatic rings. The zero-order chi connectivity index (χ0) is 11.1. The molecule has 16 heavy (non-hydrogen) atoms. The van der Waals surface area contributed by atoms with E-state index in [1.54, 1.807) is 4.68 Å². The van der Waals surface area contributed by atoms with Crippen molar-refractivity contribution < 1.29 is 4.79 Å². The lowest BCUT2D eigenvalue weighted by Gasteiger charge is -2.04. The van der Waals surface area contributed by atoms with E-state index in [9.17, 15) is 4.79 Å². The highest BCUT2D eigenvalue weighted by Crippen LogP contribution is 2.31. The van der Waals surface area contributed by atoms with E-state index in [0.29, 0.717) is 6.42 Å². The van der Waals surface area contributed by atoms with Gasteiger partial charge in [0.1, 0.15) is 0 Å². The minimum Gasteiger partial charge on any atom is -0.294 e. The number of ketones is 1. The lowest BCUT2D eigenvalue weighted by Crippen LogP contribution is -1.91. The van der Waals surface area contributed by atoms with Crippen molar-refractivity contribution in [1.82, 2.24) is 9.78 Å². The molecule has 0 atom stereocenters. The molecule has 1 aromatic heterocycles. The van der Waals surface area contributed by atoms with E-state index in [0.717, 1.165) is 23.1 Å². The van der Waals surface area contributed by atoms with Gasteiger partial charge in [0.2, 0.25) is 0 Å². The zero-order valence-electron chi connectivity index (χ0n) is 9.10. The summed E-state index contributed by atoms with van der Waals surface area (Å²) in [5, 5.41) is 4.17. The minimum absolute atomic E-state index is 0.265. The molecule has 3 nitrogen and oxygen atoms in total. The standard InChI is InChI=1S/C13H12N2O/c1-15-8-9(7-14-15)10-3-2-4-12-11(10)5-6-13(12)16/h2-4,7-8H,5-6H2,1H3. The largest absolute Gasteiger partial charge is 0.294 e. The molecular formula is C13H12N2O. The van der Waals surface area contributed by atoms with Gasteiger partial charge in [0.15, 0.2) is 5.78 Å². The second-order valence-electron chi connectivity index (χ2n) is 4.16. The highest BCUT2D eigenvalue weighted by molar-refractivity contribution is 6.02. The fraction of sp³-hybridized carbons (Fsp3) is 0.231. The number of aryl methyl sites for hydroxylation is 1. The molecule has 0 unspecified atom stereocenters. The van der Waals surface area contributed by atoms with Crippen molar-refractivity contribution in [3.63, 3.8) is 0 Å². The molecule has 3 rings (SSSR count). The van der Waals surface area contributed by atoms with Crippen LogP contribution in [-0.4, -0.2) is 15.6 Å². The Morgan fingerprint density at radius 3 is 2.81 bits per heavy atom. The fourth-order valence-corrected chi connectivity index (χ4v) is 2.32. The van der Waals surface area contributed by atoms with Gasteiger partial charge in [-0.05, 0) is 17.5 Å². The Morgan fingerprint density at radius 2 is 2.06 bits per heavy atom. The summed E-state index contributed by atoms with van der Waals surface area (Å²) in [4.78, 5) is 11.6. The van der Waals surface area contributed by atoms with Crippen LogP contribution in [0.5, 0.6) is 0 Å². The molecule has 0 spiro atoms. The molecule has 0 fully saturated rings. The van der Waals surface area contributed by atoms with Crippen LogP contribution in [-0.2, 0) is 13.5 Å². The molecule has 0 amide bonds. The van der Waals surface area contributed by atoms with Gasteiger partial charge in [0.25, 0.3) is 0 Å². The van der Waals surface area contributed by atoms with Crippen LogP contribution in [0.1, 0.15) is 22.3 Å². The Bertz CT molecular complexity index is 569. The normalized spacial score (nSPS) is 14.2. The number of benzene rings is 1. The lowest BCUT2D eigenvalue weighted by atomic mass is 9.99. The van der Waals surface area contributed by atoms with Crippen LogP contribution >= 0.6 is 0 Å². The van der Waals surface area contributed by atoms with Crippen LogP contribution in [0.2, 0.25) is 0 Å². The smallest absolute Gasteiger partial charge is 0.163 e. The highest BCUT2D eigenvalue weighted by Gasteiger charge is 2.22. The van der Waals surface area contributed by atoms with E-state index < -0.39 is 0 Å². The van der Waals surface area contributed by atoms with Gasteiger partial charge in [0.05, 0.1) is 6.20 Å². The van der Waals surface area contributed by atoms with E-state index in [2.05, 4.69) is 11.2 Å².